The summed E-state index contributed by atoms with van der Waals surface area (Å²) in [6.07, 6.45) is 4.45. The summed E-state index contributed by atoms with van der Waals surface area (Å²) in [7, 11) is 0. The fourth-order valence-electron chi connectivity index (χ4n) is 3.41. The first-order valence-corrected chi connectivity index (χ1v) is 7.39. The number of para-hydroxylation sites is 1. The molecule has 0 bridgehead atoms. The molecule has 0 amide bonds. The zero-order chi connectivity index (χ0) is 13.2. The van der Waals surface area contributed by atoms with Gasteiger partial charge in [-0.15, -0.1) is 0 Å². The highest BCUT2D eigenvalue weighted by molar-refractivity contribution is 5.37. The average Bonchev–Trinajstić information content (AvgIpc) is 2.95. The number of hydrogen-bond acceptors (Lipinski definition) is 3. The molecule has 0 aromatic heterocycles. The number of likely N-dealkylation sites (tertiary alicyclic amines) is 1. The van der Waals surface area contributed by atoms with E-state index in [1.54, 1.807) is 0 Å². The molecule has 3 rings (SSSR count). The largest absolute Gasteiger partial charge is 0.488 e. The van der Waals surface area contributed by atoms with Crippen LogP contribution in [0.25, 0.3) is 0 Å². The Balaban J connectivity index is 1.58. The van der Waals surface area contributed by atoms with Crippen molar-refractivity contribution in [2.45, 2.75) is 50.9 Å². The first-order chi connectivity index (χ1) is 9.22. The molecule has 1 saturated heterocycles. The molecule has 0 aliphatic carbocycles. The molecule has 2 aliphatic rings. The van der Waals surface area contributed by atoms with E-state index < -0.39 is 0 Å². The van der Waals surface area contributed by atoms with Crippen LogP contribution in [0.2, 0.25) is 0 Å². The summed E-state index contributed by atoms with van der Waals surface area (Å²) in [6.45, 7) is 4.03. The molecule has 0 radical (unpaired) electrons. The molecular weight excluding hydrogens is 238 g/mol. The van der Waals surface area contributed by atoms with Crippen LogP contribution < -0.4 is 4.74 Å². The van der Waals surface area contributed by atoms with Crippen molar-refractivity contribution in [1.82, 2.24) is 4.90 Å². The third-order valence-corrected chi connectivity index (χ3v) is 4.26. The number of ether oxygens (including phenoxy) is 1. The van der Waals surface area contributed by atoms with Gasteiger partial charge in [-0.25, -0.2) is 0 Å². The van der Waals surface area contributed by atoms with Crippen LogP contribution in [0.3, 0.4) is 0 Å². The lowest BCUT2D eigenvalue weighted by Crippen LogP contribution is -2.39. The Labute approximate surface area is 115 Å². The minimum Gasteiger partial charge on any atom is -0.488 e. The van der Waals surface area contributed by atoms with Gasteiger partial charge in [0, 0.05) is 19.0 Å². The molecule has 1 aromatic rings. The second kappa shape index (κ2) is 5.51. The van der Waals surface area contributed by atoms with Crippen molar-refractivity contribution in [2.75, 3.05) is 13.1 Å². The summed E-state index contributed by atoms with van der Waals surface area (Å²) in [4.78, 5) is 2.50. The zero-order valence-corrected chi connectivity index (χ0v) is 11.6. The van der Waals surface area contributed by atoms with Gasteiger partial charge in [-0.05, 0) is 44.4 Å². The van der Waals surface area contributed by atoms with Crippen LogP contribution in [0.15, 0.2) is 24.3 Å². The maximum Gasteiger partial charge on any atom is 0.123 e. The Bertz CT molecular complexity index is 408. The first kappa shape index (κ1) is 12.9. The van der Waals surface area contributed by atoms with E-state index in [-0.39, 0.29) is 12.2 Å². The minimum atomic E-state index is -0.202. The van der Waals surface area contributed by atoms with Crippen molar-refractivity contribution in [3.8, 4) is 5.75 Å². The highest BCUT2D eigenvalue weighted by atomic mass is 16.5. The number of aliphatic hydroxyl groups excluding tert-OH is 1. The standard InChI is InChI=1S/C16H23NO2/c1-12(18)9-14-6-4-8-17(14)11-15-10-13-5-2-3-7-16(13)19-15/h2-3,5,7,12,14-15,18H,4,6,8-11H2,1H3. The van der Waals surface area contributed by atoms with Gasteiger partial charge in [-0.1, -0.05) is 18.2 Å². The molecule has 0 saturated carbocycles. The van der Waals surface area contributed by atoms with Crippen LogP contribution in [-0.2, 0) is 6.42 Å². The third-order valence-electron chi connectivity index (χ3n) is 4.26. The van der Waals surface area contributed by atoms with Crippen molar-refractivity contribution in [3.63, 3.8) is 0 Å². The minimum absolute atomic E-state index is 0.202. The van der Waals surface area contributed by atoms with Gasteiger partial charge in [0.2, 0.25) is 0 Å². The summed E-state index contributed by atoms with van der Waals surface area (Å²) in [5.41, 5.74) is 1.33. The molecule has 3 nitrogen and oxygen atoms in total. The Kier molecular flexibility index (Phi) is 3.76. The quantitative estimate of drug-likeness (QED) is 0.902. The van der Waals surface area contributed by atoms with Crippen molar-refractivity contribution in [3.05, 3.63) is 29.8 Å². The number of rotatable bonds is 4. The van der Waals surface area contributed by atoms with Crippen molar-refractivity contribution < 1.29 is 9.84 Å². The predicted octanol–water partition coefficient (Wildman–Crippen LogP) is 2.23. The van der Waals surface area contributed by atoms with E-state index in [2.05, 4.69) is 23.1 Å². The second-order valence-corrected chi connectivity index (χ2v) is 5.93. The lowest BCUT2D eigenvalue weighted by atomic mass is 10.1. The first-order valence-electron chi connectivity index (χ1n) is 7.39. The summed E-state index contributed by atoms with van der Waals surface area (Å²) in [5.74, 6) is 1.05. The van der Waals surface area contributed by atoms with Crippen molar-refractivity contribution >= 4 is 0 Å². The summed E-state index contributed by atoms with van der Waals surface area (Å²) < 4.78 is 6.02. The molecule has 19 heavy (non-hydrogen) atoms. The van der Waals surface area contributed by atoms with Crippen LogP contribution >= 0.6 is 0 Å². The molecule has 3 heteroatoms. The van der Waals surface area contributed by atoms with Crippen LogP contribution in [-0.4, -0.2) is 41.3 Å². The van der Waals surface area contributed by atoms with E-state index in [0.717, 1.165) is 31.7 Å². The molecule has 3 unspecified atom stereocenters. The molecule has 1 fully saturated rings. The van der Waals surface area contributed by atoms with E-state index in [9.17, 15) is 5.11 Å². The molecule has 0 spiro atoms. The fraction of sp³-hybridized carbons (Fsp3) is 0.625. The Morgan fingerprint density at radius 2 is 2.26 bits per heavy atom. The third kappa shape index (κ3) is 2.93. The molecular formula is C16H23NO2. The number of nitrogens with zero attached hydrogens (tertiary/aromatic N) is 1. The van der Waals surface area contributed by atoms with Gasteiger partial charge in [0.1, 0.15) is 11.9 Å². The lowest BCUT2D eigenvalue weighted by molar-refractivity contribution is 0.103. The molecule has 1 aromatic carbocycles. The van der Waals surface area contributed by atoms with Crippen molar-refractivity contribution in [2.24, 2.45) is 0 Å². The maximum absolute atomic E-state index is 9.58. The van der Waals surface area contributed by atoms with E-state index >= 15 is 0 Å². The van der Waals surface area contributed by atoms with Gasteiger partial charge in [0.25, 0.3) is 0 Å². The SMILES string of the molecule is CC(O)CC1CCCN1CC1Cc2ccccc2O1. The van der Waals surface area contributed by atoms with E-state index in [1.165, 1.54) is 18.4 Å². The maximum atomic E-state index is 9.58. The molecule has 1 N–H and O–H groups in total. The lowest BCUT2D eigenvalue weighted by Gasteiger charge is -2.27. The van der Waals surface area contributed by atoms with Crippen molar-refractivity contribution in [1.29, 1.82) is 0 Å². The second-order valence-electron chi connectivity index (χ2n) is 5.93. The van der Waals surface area contributed by atoms with Crippen LogP contribution in [0, 0.1) is 0 Å². The normalized spacial score (nSPS) is 28.1. The number of benzene rings is 1. The van der Waals surface area contributed by atoms with E-state index in [1.807, 2.05) is 13.0 Å². The van der Waals surface area contributed by atoms with Gasteiger partial charge in [0.05, 0.1) is 6.10 Å². The zero-order valence-electron chi connectivity index (χ0n) is 11.6. The summed E-state index contributed by atoms with van der Waals surface area (Å²) in [6, 6.07) is 8.87. The molecule has 2 heterocycles. The fourth-order valence-corrected chi connectivity index (χ4v) is 3.41. The highest BCUT2D eigenvalue weighted by Crippen LogP contribution is 2.30. The average molecular weight is 261 g/mol. The Morgan fingerprint density at radius 1 is 1.42 bits per heavy atom. The van der Waals surface area contributed by atoms with Gasteiger partial charge in [0.15, 0.2) is 0 Å². The number of aliphatic hydroxyl groups is 1. The molecule has 2 aliphatic heterocycles. The van der Waals surface area contributed by atoms with Crippen LogP contribution in [0.5, 0.6) is 5.75 Å². The Morgan fingerprint density at radius 3 is 3.05 bits per heavy atom. The van der Waals surface area contributed by atoms with Gasteiger partial charge in [-0.3, -0.25) is 4.90 Å². The summed E-state index contributed by atoms with van der Waals surface area (Å²) >= 11 is 0. The monoisotopic (exact) mass is 261 g/mol. The smallest absolute Gasteiger partial charge is 0.123 e. The van der Waals surface area contributed by atoms with Crippen LogP contribution in [0.4, 0.5) is 0 Å². The van der Waals surface area contributed by atoms with Crippen LogP contribution in [0.1, 0.15) is 31.7 Å². The number of fused-ring (bicyclic) bond motifs is 1. The van der Waals surface area contributed by atoms with Gasteiger partial charge >= 0.3 is 0 Å². The topological polar surface area (TPSA) is 32.7 Å². The van der Waals surface area contributed by atoms with E-state index in [0.29, 0.717) is 6.04 Å². The van der Waals surface area contributed by atoms with E-state index in [4.69, 9.17) is 4.74 Å². The molecule has 104 valence electrons. The predicted molar refractivity (Wildman–Crippen MR) is 75.5 cm³/mol. The van der Waals surface area contributed by atoms with Gasteiger partial charge < -0.3 is 9.84 Å². The molecule has 3 atom stereocenters. The highest BCUT2D eigenvalue weighted by Gasteiger charge is 2.30. The summed E-state index contributed by atoms with van der Waals surface area (Å²) in [5, 5.41) is 9.58. The number of hydrogen-bond donors (Lipinski definition) is 1. The van der Waals surface area contributed by atoms with Gasteiger partial charge in [-0.2, -0.15) is 0 Å². The Hall–Kier alpha value is -1.06.